The van der Waals surface area contributed by atoms with E-state index >= 15 is 0 Å². The Kier molecular flexibility index (Phi) is 7.43. The Labute approximate surface area is 177 Å². The van der Waals surface area contributed by atoms with Crippen molar-refractivity contribution in [2.24, 2.45) is 0 Å². The van der Waals surface area contributed by atoms with Gasteiger partial charge in [-0.1, -0.05) is 18.2 Å². The number of ether oxygens (including phenoxy) is 2. The van der Waals surface area contributed by atoms with E-state index in [1.54, 1.807) is 49.6 Å². The zero-order chi connectivity index (χ0) is 21.6. The molecule has 0 radical (unpaired) electrons. The van der Waals surface area contributed by atoms with Gasteiger partial charge < -0.3 is 14.8 Å². The zero-order valence-corrected chi connectivity index (χ0v) is 18.0. The van der Waals surface area contributed by atoms with Gasteiger partial charge >= 0.3 is 0 Å². The molecule has 0 spiro atoms. The van der Waals surface area contributed by atoms with Crippen molar-refractivity contribution in [2.45, 2.75) is 11.4 Å². The first kappa shape index (κ1) is 22.2. The molecular weight excluding hydrogens is 406 g/mol. The third-order valence-electron chi connectivity index (χ3n) is 4.73. The fourth-order valence-corrected chi connectivity index (χ4v) is 4.73. The molecule has 1 fully saturated rings. The summed E-state index contributed by atoms with van der Waals surface area (Å²) in [6.45, 7) is 2.14. The number of carbonyl (C=O) groups excluding carboxylic acids is 1. The number of anilines is 1. The molecule has 3 rings (SSSR count). The van der Waals surface area contributed by atoms with Crippen LogP contribution in [0.25, 0.3) is 0 Å². The van der Waals surface area contributed by atoms with Gasteiger partial charge in [-0.3, -0.25) is 9.69 Å². The summed E-state index contributed by atoms with van der Waals surface area (Å²) >= 11 is 0. The van der Waals surface area contributed by atoms with Gasteiger partial charge in [0.05, 0.1) is 31.8 Å². The van der Waals surface area contributed by atoms with Gasteiger partial charge in [-0.05, 0) is 36.9 Å². The van der Waals surface area contributed by atoms with Crippen LogP contribution in [-0.2, 0) is 26.1 Å². The van der Waals surface area contributed by atoms with E-state index in [1.165, 1.54) is 4.31 Å². The Hall–Kier alpha value is -2.46. The lowest BCUT2D eigenvalue weighted by molar-refractivity contribution is -0.117. The van der Waals surface area contributed by atoms with Crippen molar-refractivity contribution in [1.82, 2.24) is 9.21 Å². The van der Waals surface area contributed by atoms with E-state index < -0.39 is 10.0 Å². The number of methoxy groups -OCH3 is 1. The minimum absolute atomic E-state index is 0.164. The van der Waals surface area contributed by atoms with Crippen molar-refractivity contribution in [1.29, 1.82) is 0 Å². The monoisotopic (exact) mass is 433 g/mol. The molecule has 0 unspecified atom stereocenters. The number of nitrogens with zero attached hydrogens (tertiary/aromatic N) is 2. The first-order chi connectivity index (χ1) is 14.4. The first-order valence-electron chi connectivity index (χ1n) is 9.68. The van der Waals surface area contributed by atoms with E-state index in [2.05, 4.69) is 5.32 Å². The summed E-state index contributed by atoms with van der Waals surface area (Å²) in [5, 5.41) is 2.84. The lowest BCUT2D eigenvalue weighted by Gasteiger charge is -2.26. The molecule has 0 atom stereocenters. The molecule has 1 N–H and O–H groups in total. The molecule has 2 aromatic rings. The van der Waals surface area contributed by atoms with E-state index in [9.17, 15) is 13.2 Å². The topological polar surface area (TPSA) is 88.2 Å². The van der Waals surface area contributed by atoms with Gasteiger partial charge in [-0.25, -0.2) is 8.42 Å². The van der Waals surface area contributed by atoms with Gasteiger partial charge in [-0.2, -0.15) is 4.31 Å². The molecule has 2 aromatic carbocycles. The highest BCUT2D eigenvalue weighted by Gasteiger charge is 2.26. The molecule has 30 heavy (non-hydrogen) atoms. The lowest BCUT2D eigenvalue weighted by atomic mass is 10.2. The normalized spacial score (nSPS) is 15.2. The number of rotatable bonds is 8. The van der Waals surface area contributed by atoms with Crippen LogP contribution in [-0.4, -0.2) is 70.5 Å². The van der Waals surface area contributed by atoms with Crippen LogP contribution < -0.4 is 10.1 Å². The second kappa shape index (κ2) is 10.0. The molecule has 8 nitrogen and oxygen atoms in total. The van der Waals surface area contributed by atoms with Gasteiger partial charge in [0.2, 0.25) is 15.9 Å². The van der Waals surface area contributed by atoms with Crippen LogP contribution in [0.4, 0.5) is 5.69 Å². The minimum atomic E-state index is -3.55. The standard InChI is InChI=1S/C21H27N3O5S/c1-23(16-21(25)22-18-6-4-7-19(14-18)28-2)15-17-5-3-8-20(13-17)30(26,27)24-9-11-29-12-10-24/h3-8,13-14H,9-12,15-16H2,1-2H3,(H,22,25). The number of morpholine rings is 1. The molecular formula is C21H27N3O5S. The summed E-state index contributed by atoms with van der Waals surface area (Å²) in [6.07, 6.45) is 0. The van der Waals surface area contributed by atoms with Gasteiger partial charge in [0, 0.05) is 31.4 Å². The van der Waals surface area contributed by atoms with Crippen LogP contribution in [0.15, 0.2) is 53.4 Å². The second-order valence-electron chi connectivity index (χ2n) is 7.12. The van der Waals surface area contributed by atoms with E-state index in [1.807, 2.05) is 18.0 Å². The average Bonchev–Trinajstić information content (AvgIpc) is 2.74. The number of hydrogen-bond acceptors (Lipinski definition) is 6. The summed E-state index contributed by atoms with van der Waals surface area (Å²) in [6, 6.07) is 14.0. The Morgan fingerprint density at radius 2 is 1.90 bits per heavy atom. The highest BCUT2D eigenvalue weighted by molar-refractivity contribution is 7.89. The molecule has 9 heteroatoms. The third-order valence-corrected chi connectivity index (χ3v) is 6.62. The summed E-state index contributed by atoms with van der Waals surface area (Å²) in [5.74, 6) is 0.502. The van der Waals surface area contributed by atoms with Crippen LogP contribution in [0.1, 0.15) is 5.56 Å². The molecule has 1 saturated heterocycles. The molecule has 0 aromatic heterocycles. The maximum Gasteiger partial charge on any atom is 0.243 e. The highest BCUT2D eigenvalue weighted by atomic mass is 32.2. The van der Waals surface area contributed by atoms with Crippen LogP contribution in [0.3, 0.4) is 0 Å². The summed E-state index contributed by atoms with van der Waals surface area (Å²) in [5.41, 5.74) is 1.48. The van der Waals surface area contributed by atoms with Crippen LogP contribution in [0, 0.1) is 0 Å². The molecule has 0 saturated carbocycles. The van der Waals surface area contributed by atoms with E-state index in [4.69, 9.17) is 9.47 Å². The van der Waals surface area contributed by atoms with Crippen molar-refractivity contribution in [2.75, 3.05) is 52.3 Å². The van der Waals surface area contributed by atoms with Crippen molar-refractivity contribution >= 4 is 21.6 Å². The summed E-state index contributed by atoms with van der Waals surface area (Å²) in [4.78, 5) is 14.4. The number of sulfonamides is 1. The molecule has 0 bridgehead atoms. The number of hydrogen-bond donors (Lipinski definition) is 1. The number of nitrogens with one attached hydrogen (secondary N) is 1. The smallest absolute Gasteiger partial charge is 0.243 e. The van der Waals surface area contributed by atoms with Crippen molar-refractivity contribution < 1.29 is 22.7 Å². The molecule has 1 aliphatic rings. The first-order valence-corrected chi connectivity index (χ1v) is 11.1. The third kappa shape index (κ3) is 5.79. The predicted octanol–water partition coefficient (Wildman–Crippen LogP) is 1.79. The van der Waals surface area contributed by atoms with Gasteiger partial charge in [0.15, 0.2) is 0 Å². The number of likely N-dealkylation sites (N-methyl/N-ethyl adjacent to an activating group) is 1. The average molecular weight is 434 g/mol. The van der Waals surface area contributed by atoms with E-state index in [0.717, 1.165) is 5.56 Å². The molecule has 1 aliphatic heterocycles. The molecule has 162 valence electrons. The maximum absolute atomic E-state index is 12.8. The molecule has 0 aliphatic carbocycles. The molecule has 1 amide bonds. The van der Waals surface area contributed by atoms with Crippen molar-refractivity contribution in [3.63, 3.8) is 0 Å². The number of amides is 1. The Balaban J connectivity index is 1.60. The van der Waals surface area contributed by atoms with E-state index in [0.29, 0.717) is 44.3 Å². The van der Waals surface area contributed by atoms with Crippen LogP contribution in [0.5, 0.6) is 5.75 Å². The highest BCUT2D eigenvalue weighted by Crippen LogP contribution is 2.19. The largest absolute Gasteiger partial charge is 0.497 e. The Morgan fingerprint density at radius 1 is 1.17 bits per heavy atom. The van der Waals surface area contributed by atoms with E-state index in [-0.39, 0.29) is 17.3 Å². The van der Waals surface area contributed by atoms with Gasteiger partial charge in [0.1, 0.15) is 5.75 Å². The fourth-order valence-electron chi connectivity index (χ4n) is 3.25. The van der Waals surface area contributed by atoms with Crippen LogP contribution >= 0.6 is 0 Å². The predicted molar refractivity (Wildman–Crippen MR) is 114 cm³/mol. The molecule has 1 heterocycles. The minimum Gasteiger partial charge on any atom is -0.497 e. The summed E-state index contributed by atoms with van der Waals surface area (Å²) < 4.78 is 37.5. The SMILES string of the molecule is COc1cccc(NC(=O)CN(C)Cc2cccc(S(=O)(=O)N3CCOCC3)c2)c1. The quantitative estimate of drug-likeness (QED) is 0.683. The van der Waals surface area contributed by atoms with Crippen molar-refractivity contribution in [3.8, 4) is 5.75 Å². The number of carbonyl (C=O) groups is 1. The fraction of sp³-hybridized carbons (Fsp3) is 0.381. The lowest BCUT2D eigenvalue weighted by Crippen LogP contribution is -2.40. The Bertz CT molecular complexity index is 974. The van der Waals surface area contributed by atoms with Crippen molar-refractivity contribution in [3.05, 3.63) is 54.1 Å². The Morgan fingerprint density at radius 3 is 2.63 bits per heavy atom. The van der Waals surface area contributed by atoms with Gasteiger partial charge in [0.25, 0.3) is 0 Å². The summed E-state index contributed by atoms with van der Waals surface area (Å²) in [7, 11) is -0.162. The number of benzene rings is 2. The van der Waals surface area contributed by atoms with Gasteiger partial charge in [-0.15, -0.1) is 0 Å². The van der Waals surface area contributed by atoms with Crippen LogP contribution in [0.2, 0.25) is 0 Å². The zero-order valence-electron chi connectivity index (χ0n) is 17.2. The second-order valence-corrected chi connectivity index (χ2v) is 9.05. The maximum atomic E-state index is 12.8.